The lowest BCUT2D eigenvalue weighted by Crippen LogP contribution is -2.02. The van der Waals surface area contributed by atoms with E-state index in [9.17, 15) is 0 Å². The Morgan fingerprint density at radius 3 is 1.69 bits per heavy atom. The number of nitrogens with zero attached hydrogens (tertiary/aromatic N) is 2. The van der Waals surface area contributed by atoms with Crippen LogP contribution < -0.4 is 9.47 Å². The quantitative estimate of drug-likeness (QED) is 0.244. The second kappa shape index (κ2) is 17.4. The minimum absolute atomic E-state index is 0.648. The van der Waals surface area contributed by atoms with Gasteiger partial charge in [0.1, 0.15) is 5.75 Å². The van der Waals surface area contributed by atoms with Crippen LogP contribution in [0, 0.1) is 0 Å². The van der Waals surface area contributed by atoms with Crippen LogP contribution in [0.3, 0.4) is 0 Å². The zero-order valence-corrected chi connectivity index (χ0v) is 19.9. The largest absolute Gasteiger partial charge is 0.494 e. The lowest BCUT2D eigenvalue weighted by Gasteiger charge is -2.08. The van der Waals surface area contributed by atoms with E-state index in [0.717, 1.165) is 76.3 Å². The van der Waals surface area contributed by atoms with E-state index in [1.165, 1.54) is 12.8 Å². The minimum Gasteiger partial charge on any atom is -0.494 e. The maximum atomic E-state index is 5.82. The van der Waals surface area contributed by atoms with Crippen molar-refractivity contribution >= 4 is 0 Å². The third-order valence-corrected chi connectivity index (χ3v) is 4.88. The van der Waals surface area contributed by atoms with Gasteiger partial charge >= 0.3 is 0 Å². The summed E-state index contributed by atoms with van der Waals surface area (Å²) in [6.45, 7) is 8.98. The van der Waals surface area contributed by atoms with Gasteiger partial charge in [-0.25, -0.2) is 9.97 Å². The van der Waals surface area contributed by atoms with Gasteiger partial charge < -0.3 is 18.9 Å². The summed E-state index contributed by atoms with van der Waals surface area (Å²) >= 11 is 0. The van der Waals surface area contributed by atoms with Crippen molar-refractivity contribution in [3.8, 4) is 22.9 Å². The van der Waals surface area contributed by atoms with Crippen molar-refractivity contribution in [2.75, 3.05) is 39.6 Å². The van der Waals surface area contributed by atoms with Crippen molar-refractivity contribution in [2.24, 2.45) is 0 Å². The van der Waals surface area contributed by atoms with Crippen LogP contribution in [0.4, 0.5) is 0 Å². The topological polar surface area (TPSA) is 62.7 Å². The number of aromatic nitrogens is 2. The molecule has 0 atom stereocenters. The predicted molar refractivity (Wildman–Crippen MR) is 128 cm³/mol. The van der Waals surface area contributed by atoms with Gasteiger partial charge in [-0.15, -0.1) is 0 Å². The van der Waals surface area contributed by atoms with Crippen molar-refractivity contribution in [1.82, 2.24) is 9.97 Å². The highest BCUT2D eigenvalue weighted by Gasteiger charge is 2.03. The van der Waals surface area contributed by atoms with Crippen molar-refractivity contribution < 1.29 is 18.9 Å². The van der Waals surface area contributed by atoms with Gasteiger partial charge in [0, 0.05) is 32.0 Å². The van der Waals surface area contributed by atoms with Crippen molar-refractivity contribution in [3.63, 3.8) is 0 Å². The zero-order chi connectivity index (χ0) is 22.7. The van der Waals surface area contributed by atoms with Crippen LogP contribution in [0.25, 0.3) is 11.4 Å². The lowest BCUT2D eigenvalue weighted by molar-refractivity contribution is 0.123. The first-order valence-electron chi connectivity index (χ1n) is 12.2. The van der Waals surface area contributed by atoms with E-state index >= 15 is 0 Å². The first-order chi connectivity index (χ1) is 15.8. The second-order valence-electron chi connectivity index (χ2n) is 7.81. The van der Waals surface area contributed by atoms with Crippen LogP contribution >= 0.6 is 0 Å². The molecule has 0 spiro atoms. The summed E-state index contributed by atoms with van der Waals surface area (Å²) in [4.78, 5) is 8.85. The molecule has 32 heavy (non-hydrogen) atoms. The Labute approximate surface area is 193 Å². The normalized spacial score (nSPS) is 10.9. The average Bonchev–Trinajstić information content (AvgIpc) is 2.83. The van der Waals surface area contributed by atoms with Gasteiger partial charge in [0.25, 0.3) is 0 Å². The Kier molecular flexibility index (Phi) is 14.2. The number of ether oxygens (including phenoxy) is 4. The van der Waals surface area contributed by atoms with E-state index in [1.807, 2.05) is 24.3 Å². The van der Waals surface area contributed by atoms with Gasteiger partial charge in [-0.05, 0) is 62.8 Å². The fourth-order valence-corrected chi connectivity index (χ4v) is 3.04. The summed E-state index contributed by atoms with van der Waals surface area (Å²) in [5.41, 5.74) is 0.956. The number of benzene rings is 1. The van der Waals surface area contributed by atoms with Gasteiger partial charge in [-0.1, -0.05) is 26.7 Å². The molecule has 0 aliphatic rings. The first-order valence-corrected chi connectivity index (χ1v) is 12.2. The van der Waals surface area contributed by atoms with Crippen LogP contribution in [0.2, 0.25) is 0 Å². The molecule has 2 aromatic rings. The Morgan fingerprint density at radius 2 is 1.09 bits per heavy atom. The van der Waals surface area contributed by atoms with Crippen molar-refractivity contribution in [3.05, 3.63) is 36.7 Å². The van der Waals surface area contributed by atoms with Crippen LogP contribution in [0.1, 0.15) is 65.2 Å². The SMILES string of the molecule is CCCCCOCCCCOc1ccc(-c2ncc(OCCCCOCCC)cn2)cc1. The van der Waals surface area contributed by atoms with E-state index in [1.54, 1.807) is 12.4 Å². The molecule has 6 nitrogen and oxygen atoms in total. The van der Waals surface area contributed by atoms with Crippen LogP contribution in [-0.2, 0) is 9.47 Å². The Balaban J connectivity index is 1.60. The zero-order valence-electron chi connectivity index (χ0n) is 19.9. The van der Waals surface area contributed by atoms with Crippen LogP contribution in [0.15, 0.2) is 36.7 Å². The highest BCUT2D eigenvalue weighted by atomic mass is 16.5. The molecule has 2 rings (SSSR count). The van der Waals surface area contributed by atoms with Gasteiger partial charge in [-0.3, -0.25) is 0 Å². The molecule has 1 heterocycles. The molecule has 0 N–H and O–H groups in total. The Hall–Kier alpha value is -2.18. The van der Waals surface area contributed by atoms with Crippen molar-refractivity contribution in [1.29, 1.82) is 0 Å². The summed E-state index contributed by atoms with van der Waals surface area (Å²) in [5.74, 6) is 2.23. The highest BCUT2D eigenvalue weighted by Crippen LogP contribution is 2.20. The lowest BCUT2D eigenvalue weighted by atomic mass is 10.2. The third kappa shape index (κ3) is 11.4. The molecule has 6 heteroatoms. The molecule has 0 fully saturated rings. The molecule has 0 saturated heterocycles. The Morgan fingerprint density at radius 1 is 0.562 bits per heavy atom. The molecule has 1 aromatic carbocycles. The van der Waals surface area contributed by atoms with Gasteiger partial charge in [0.15, 0.2) is 11.6 Å². The fourth-order valence-electron chi connectivity index (χ4n) is 3.04. The molecule has 0 bridgehead atoms. The van der Waals surface area contributed by atoms with E-state index in [-0.39, 0.29) is 0 Å². The minimum atomic E-state index is 0.648. The van der Waals surface area contributed by atoms with Crippen LogP contribution in [0.5, 0.6) is 11.5 Å². The summed E-state index contributed by atoms with van der Waals surface area (Å²) < 4.78 is 22.6. The van der Waals surface area contributed by atoms with Crippen LogP contribution in [-0.4, -0.2) is 49.6 Å². The maximum Gasteiger partial charge on any atom is 0.159 e. The fraction of sp³-hybridized carbons (Fsp3) is 0.615. The Bertz CT molecular complexity index is 692. The summed E-state index contributed by atoms with van der Waals surface area (Å²) in [6.07, 6.45) is 12.1. The number of rotatable bonds is 19. The predicted octanol–water partition coefficient (Wildman–Crippen LogP) is 6.10. The first kappa shape index (κ1) is 26.1. The molecule has 1 aromatic heterocycles. The molecular formula is C26H40N2O4. The number of unbranched alkanes of at least 4 members (excludes halogenated alkanes) is 4. The molecule has 0 amide bonds. The average molecular weight is 445 g/mol. The third-order valence-electron chi connectivity index (χ3n) is 4.88. The van der Waals surface area contributed by atoms with Gasteiger partial charge in [0.05, 0.1) is 25.6 Å². The number of hydrogen-bond acceptors (Lipinski definition) is 6. The maximum absolute atomic E-state index is 5.82. The summed E-state index contributed by atoms with van der Waals surface area (Å²) in [5, 5.41) is 0. The molecule has 0 unspecified atom stereocenters. The highest BCUT2D eigenvalue weighted by molar-refractivity contribution is 5.56. The second-order valence-corrected chi connectivity index (χ2v) is 7.81. The van der Waals surface area contributed by atoms with Gasteiger partial charge in [0.2, 0.25) is 0 Å². The standard InChI is InChI=1S/C26H40N2O4/c1-3-5-6-16-30-18-8-9-19-31-24-13-11-23(12-14-24)26-27-21-25(22-28-26)32-20-10-7-17-29-15-4-2/h11-14,21-22H,3-10,15-20H2,1-2H3. The molecule has 0 aliphatic heterocycles. The van der Waals surface area contributed by atoms with Gasteiger partial charge in [-0.2, -0.15) is 0 Å². The smallest absolute Gasteiger partial charge is 0.159 e. The molecule has 0 radical (unpaired) electrons. The number of hydrogen-bond donors (Lipinski definition) is 0. The molecule has 0 saturated carbocycles. The van der Waals surface area contributed by atoms with Crippen molar-refractivity contribution in [2.45, 2.75) is 65.2 Å². The monoisotopic (exact) mass is 444 g/mol. The van der Waals surface area contributed by atoms with E-state index < -0.39 is 0 Å². The summed E-state index contributed by atoms with van der Waals surface area (Å²) in [6, 6.07) is 7.90. The molecule has 178 valence electrons. The van der Waals surface area contributed by atoms with E-state index in [4.69, 9.17) is 18.9 Å². The van der Waals surface area contributed by atoms with E-state index in [2.05, 4.69) is 23.8 Å². The van der Waals surface area contributed by atoms with E-state index in [0.29, 0.717) is 24.8 Å². The molecule has 0 aliphatic carbocycles. The molecular weight excluding hydrogens is 404 g/mol. The summed E-state index contributed by atoms with van der Waals surface area (Å²) in [7, 11) is 0.